The maximum Gasteiger partial charge on any atom is 0.242 e. The van der Waals surface area contributed by atoms with Gasteiger partial charge < -0.3 is 19.6 Å². The summed E-state index contributed by atoms with van der Waals surface area (Å²) in [5.41, 5.74) is 0. The second-order valence-corrected chi connectivity index (χ2v) is 7.89. The minimum absolute atomic E-state index is 0.0273. The summed E-state index contributed by atoms with van der Waals surface area (Å²) in [6, 6.07) is 0. The summed E-state index contributed by atoms with van der Waals surface area (Å²) in [5.74, 6) is -0.416. The summed E-state index contributed by atoms with van der Waals surface area (Å²) in [5, 5.41) is 0. The Morgan fingerprint density at radius 3 is 1.61 bits per heavy atom. The number of likely N-dealkylation sites (N-methyl/N-ethyl adjacent to an activating group) is 4. The Hall–Kier alpha value is -1.81. The maximum absolute atomic E-state index is 12.6. The summed E-state index contributed by atoms with van der Waals surface area (Å²) < 4.78 is 0. The van der Waals surface area contributed by atoms with Crippen molar-refractivity contribution < 1.29 is 19.2 Å². The number of rotatable bonds is 11. The van der Waals surface area contributed by atoms with Crippen molar-refractivity contribution in [3.8, 4) is 0 Å². The zero-order valence-corrected chi connectivity index (χ0v) is 19.0. The highest BCUT2D eigenvalue weighted by Crippen LogP contribution is 2.02. The molecule has 0 bridgehead atoms. The third-order valence-corrected chi connectivity index (χ3v) is 4.49. The minimum atomic E-state index is -0.346. The molecule has 0 saturated carbocycles. The summed E-state index contributed by atoms with van der Waals surface area (Å²) in [4.78, 5) is 56.3. The van der Waals surface area contributed by atoms with Crippen molar-refractivity contribution in [1.82, 2.24) is 24.5 Å². The van der Waals surface area contributed by atoms with Crippen LogP contribution in [0.25, 0.3) is 0 Å². The van der Waals surface area contributed by atoms with E-state index >= 15 is 0 Å². The van der Waals surface area contributed by atoms with Crippen LogP contribution in [0.1, 0.15) is 13.8 Å². The predicted octanol–water partition coefficient (Wildman–Crippen LogP) is -0.705. The first-order chi connectivity index (χ1) is 12.9. The number of hydrogen-bond acceptors (Lipinski definition) is 6. The Morgan fingerprint density at radius 2 is 1.18 bits per heavy atom. The van der Waals surface area contributed by atoms with Gasteiger partial charge >= 0.3 is 0 Å². The van der Waals surface area contributed by atoms with Crippen molar-refractivity contribution in [1.29, 1.82) is 0 Å². The van der Waals surface area contributed by atoms with E-state index in [0.29, 0.717) is 12.4 Å². The van der Waals surface area contributed by atoms with Crippen LogP contribution >= 0.6 is 12.6 Å². The molecule has 0 aromatic heterocycles. The van der Waals surface area contributed by atoms with Gasteiger partial charge in [-0.2, -0.15) is 12.6 Å². The van der Waals surface area contributed by atoms with Gasteiger partial charge in [-0.3, -0.25) is 24.1 Å². The van der Waals surface area contributed by atoms with Crippen LogP contribution in [0.2, 0.25) is 0 Å². The van der Waals surface area contributed by atoms with Crippen LogP contribution in [-0.4, -0.2) is 122 Å². The molecule has 0 aliphatic heterocycles. The van der Waals surface area contributed by atoms with E-state index in [1.54, 1.807) is 33.1 Å². The zero-order valence-electron chi connectivity index (χ0n) is 18.1. The Balaban J connectivity index is 4.82. The van der Waals surface area contributed by atoms with Gasteiger partial charge in [-0.1, -0.05) is 13.8 Å². The summed E-state index contributed by atoms with van der Waals surface area (Å²) in [6.07, 6.45) is 0. The van der Waals surface area contributed by atoms with Gasteiger partial charge in [-0.15, -0.1) is 0 Å². The lowest BCUT2D eigenvalue weighted by molar-refractivity contribution is -0.144. The fourth-order valence-electron chi connectivity index (χ4n) is 2.20. The highest BCUT2D eigenvalue weighted by atomic mass is 32.1. The number of thiol groups is 1. The van der Waals surface area contributed by atoms with Gasteiger partial charge in [0.25, 0.3) is 0 Å². The average molecular weight is 418 g/mol. The van der Waals surface area contributed by atoms with Crippen molar-refractivity contribution in [2.75, 3.05) is 73.8 Å². The standard InChI is InChI=1S/C18H35N5O4S/c1-14(2)8-23(12-15(24)19(3)4)18(27)11-22(7)17(26)10-21(6)16(25)9-20(5)13-28/h14,28H,8-13H2,1-7H3. The molecule has 0 rings (SSSR count). The zero-order chi connectivity index (χ0) is 22.0. The first-order valence-electron chi connectivity index (χ1n) is 9.14. The largest absolute Gasteiger partial charge is 0.347 e. The Bertz CT molecular complexity index is 556. The van der Waals surface area contributed by atoms with Gasteiger partial charge in [0.1, 0.15) is 0 Å². The van der Waals surface area contributed by atoms with E-state index < -0.39 is 0 Å². The van der Waals surface area contributed by atoms with Gasteiger partial charge in [-0.05, 0) is 13.0 Å². The molecular weight excluding hydrogens is 382 g/mol. The summed E-state index contributed by atoms with van der Waals surface area (Å²) >= 11 is 4.09. The number of carbonyl (C=O) groups is 4. The van der Waals surface area contributed by atoms with Gasteiger partial charge in [0, 0.05) is 40.6 Å². The Kier molecular flexibility index (Phi) is 11.8. The highest BCUT2D eigenvalue weighted by molar-refractivity contribution is 7.80. The van der Waals surface area contributed by atoms with Crippen molar-refractivity contribution in [2.24, 2.45) is 5.92 Å². The fourth-order valence-corrected chi connectivity index (χ4v) is 2.30. The number of hydrogen-bond donors (Lipinski definition) is 1. The van der Waals surface area contributed by atoms with Crippen LogP contribution in [-0.2, 0) is 19.2 Å². The molecule has 0 spiro atoms. The average Bonchev–Trinajstić information content (AvgIpc) is 2.59. The van der Waals surface area contributed by atoms with Gasteiger partial charge in [-0.25, -0.2) is 0 Å². The summed E-state index contributed by atoms with van der Waals surface area (Å²) in [6.45, 7) is 4.20. The lowest BCUT2D eigenvalue weighted by atomic mass is 10.2. The van der Waals surface area contributed by atoms with Crippen LogP contribution in [0.15, 0.2) is 0 Å². The molecule has 0 aliphatic carbocycles. The van der Waals surface area contributed by atoms with Crippen LogP contribution in [0.5, 0.6) is 0 Å². The molecule has 0 fully saturated rings. The van der Waals surface area contributed by atoms with Gasteiger partial charge in [0.05, 0.1) is 26.2 Å². The third kappa shape index (κ3) is 9.93. The normalized spacial score (nSPS) is 10.8. The van der Waals surface area contributed by atoms with Crippen LogP contribution in [0.3, 0.4) is 0 Å². The van der Waals surface area contributed by atoms with Crippen LogP contribution in [0.4, 0.5) is 0 Å². The molecule has 0 saturated heterocycles. The first kappa shape index (κ1) is 26.2. The highest BCUT2D eigenvalue weighted by Gasteiger charge is 2.23. The van der Waals surface area contributed by atoms with E-state index in [4.69, 9.17) is 0 Å². The molecule has 10 heteroatoms. The number of carbonyl (C=O) groups excluding carboxylic acids is 4. The molecule has 0 aromatic rings. The molecule has 162 valence electrons. The molecular formula is C18H35N5O4S. The first-order valence-corrected chi connectivity index (χ1v) is 9.77. The molecule has 0 aromatic carbocycles. The fraction of sp³-hybridized carbons (Fsp3) is 0.778. The minimum Gasteiger partial charge on any atom is -0.347 e. The van der Waals surface area contributed by atoms with Crippen molar-refractivity contribution in [3.63, 3.8) is 0 Å². The van der Waals surface area contributed by atoms with E-state index in [-0.39, 0.29) is 55.7 Å². The SMILES string of the molecule is CC(C)CN(CC(=O)N(C)C)C(=O)CN(C)C(=O)CN(C)C(=O)CN(C)CS. The molecule has 0 aliphatic rings. The van der Waals surface area contributed by atoms with Crippen LogP contribution in [0, 0.1) is 5.92 Å². The summed E-state index contributed by atoms with van der Waals surface area (Å²) in [7, 11) is 8.08. The monoisotopic (exact) mass is 417 g/mol. The molecule has 0 unspecified atom stereocenters. The predicted molar refractivity (Wildman–Crippen MR) is 112 cm³/mol. The van der Waals surface area contributed by atoms with E-state index in [0.717, 1.165) is 0 Å². The molecule has 0 atom stereocenters. The maximum atomic E-state index is 12.6. The quantitative estimate of drug-likeness (QED) is 0.355. The topological polar surface area (TPSA) is 84.5 Å². The van der Waals surface area contributed by atoms with E-state index in [2.05, 4.69) is 12.6 Å². The smallest absolute Gasteiger partial charge is 0.242 e. The van der Waals surface area contributed by atoms with Crippen molar-refractivity contribution in [3.05, 3.63) is 0 Å². The van der Waals surface area contributed by atoms with E-state index in [1.165, 1.54) is 26.6 Å². The Morgan fingerprint density at radius 1 is 0.714 bits per heavy atom. The second-order valence-electron chi connectivity index (χ2n) is 7.61. The van der Waals surface area contributed by atoms with Gasteiger partial charge in [0.2, 0.25) is 23.6 Å². The lowest BCUT2D eigenvalue weighted by Crippen LogP contribution is -2.48. The molecule has 0 N–H and O–H groups in total. The second kappa shape index (κ2) is 12.6. The van der Waals surface area contributed by atoms with Crippen LogP contribution < -0.4 is 0 Å². The van der Waals surface area contributed by atoms with Crippen molar-refractivity contribution >= 4 is 36.3 Å². The number of amides is 4. The molecule has 4 amide bonds. The third-order valence-electron chi connectivity index (χ3n) is 4.01. The van der Waals surface area contributed by atoms with E-state index in [9.17, 15) is 19.2 Å². The molecule has 28 heavy (non-hydrogen) atoms. The van der Waals surface area contributed by atoms with E-state index in [1.807, 2.05) is 13.8 Å². The lowest BCUT2D eigenvalue weighted by Gasteiger charge is -2.28. The van der Waals surface area contributed by atoms with Crippen molar-refractivity contribution in [2.45, 2.75) is 13.8 Å². The Labute approximate surface area is 174 Å². The molecule has 0 heterocycles. The number of nitrogens with zero attached hydrogens (tertiary/aromatic N) is 5. The van der Waals surface area contributed by atoms with Gasteiger partial charge in [0.15, 0.2) is 0 Å². The molecule has 9 nitrogen and oxygen atoms in total. The molecule has 0 radical (unpaired) electrons.